The second kappa shape index (κ2) is 12.3. The van der Waals surface area contributed by atoms with Gasteiger partial charge < -0.3 is 30.7 Å². The van der Waals surface area contributed by atoms with Crippen LogP contribution in [0, 0.1) is 23.7 Å². The van der Waals surface area contributed by atoms with Gasteiger partial charge in [0.15, 0.2) is 0 Å². The number of carbonyl (C=O) groups is 5. The van der Waals surface area contributed by atoms with Crippen LogP contribution in [-0.2, 0) is 35.3 Å². The maximum Gasteiger partial charge on any atom is 0.407 e. The maximum atomic E-state index is 13.0. The first-order valence-electron chi connectivity index (χ1n) is 14.3. The summed E-state index contributed by atoms with van der Waals surface area (Å²) in [4.78, 5) is 62.7. The summed E-state index contributed by atoms with van der Waals surface area (Å²) in [5, 5.41) is 11.7. The fourth-order valence-corrected chi connectivity index (χ4v) is 5.85. The molecule has 4 fully saturated rings. The number of alkyl carbamates (subject to hydrolysis) is 1. The maximum absolute atomic E-state index is 13.0. The molecule has 4 N–H and O–H groups in total. The number of carbonyl (C=O) groups excluding carboxylic acids is 5. The van der Waals surface area contributed by atoms with E-state index in [1.807, 2.05) is 30.3 Å². The van der Waals surface area contributed by atoms with Gasteiger partial charge in [-0.1, -0.05) is 30.3 Å². The molecule has 5 rings (SSSR count). The molecule has 0 heterocycles. The van der Waals surface area contributed by atoms with Crippen LogP contribution in [-0.4, -0.2) is 61.1 Å². The lowest BCUT2D eigenvalue weighted by molar-refractivity contribution is -0.150. The topological polar surface area (TPSA) is 152 Å². The van der Waals surface area contributed by atoms with Crippen molar-refractivity contribution in [2.45, 2.75) is 82.1 Å². The van der Waals surface area contributed by atoms with Crippen molar-refractivity contribution in [2.24, 2.45) is 23.7 Å². The zero-order valence-corrected chi connectivity index (χ0v) is 22.7. The molecule has 1 aromatic carbocycles. The van der Waals surface area contributed by atoms with Gasteiger partial charge in [-0.05, 0) is 56.9 Å². The lowest BCUT2D eigenvalue weighted by atomic mass is 9.74. The van der Waals surface area contributed by atoms with E-state index in [0.717, 1.165) is 12.0 Å². The predicted molar refractivity (Wildman–Crippen MR) is 142 cm³/mol. The summed E-state index contributed by atoms with van der Waals surface area (Å²) >= 11 is 0. The highest BCUT2D eigenvalue weighted by Gasteiger charge is 2.46. The lowest BCUT2D eigenvalue weighted by Crippen LogP contribution is -2.61. The third-order valence-electron chi connectivity index (χ3n) is 9.11. The van der Waals surface area contributed by atoms with E-state index >= 15 is 0 Å². The van der Waals surface area contributed by atoms with E-state index in [1.54, 1.807) is 0 Å². The molecule has 0 aromatic heterocycles. The first-order valence-corrected chi connectivity index (χ1v) is 14.3. The minimum Gasteiger partial charge on any atom is -0.469 e. The molecule has 11 heteroatoms. The molecule has 0 aliphatic heterocycles. The van der Waals surface area contributed by atoms with E-state index in [4.69, 9.17) is 9.47 Å². The van der Waals surface area contributed by atoms with Crippen LogP contribution in [0.4, 0.5) is 4.79 Å². The Morgan fingerprint density at radius 3 is 1.45 bits per heavy atom. The van der Waals surface area contributed by atoms with E-state index in [1.165, 1.54) is 7.11 Å². The smallest absolute Gasteiger partial charge is 0.407 e. The number of nitrogens with one attached hydrogen (secondary N) is 4. The Bertz CT molecular complexity index is 1130. The Kier molecular flexibility index (Phi) is 8.56. The summed E-state index contributed by atoms with van der Waals surface area (Å²) in [5.41, 5.74) is 0.884. The fourth-order valence-electron chi connectivity index (χ4n) is 5.85. The van der Waals surface area contributed by atoms with Gasteiger partial charge >= 0.3 is 12.1 Å². The summed E-state index contributed by atoms with van der Waals surface area (Å²) in [6, 6.07) is 8.36. The van der Waals surface area contributed by atoms with Crippen LogP contribution in [0.2, 0.25) is 0 Å². The number of methoxy groups -OCH3 is 1. The molecule has 40 heavy (non-hydrogen) atoms. The minimum atomic E-state index is -0.551. The highest BCUT2D eigenvalue weighted by molar-refractivity contribution is 5.87. The van der Waals surface area contributed by atoms with Crippen molar-refractivity contribution >= 4 is 29.8 Å². The SMILES string of the molecule is COC(=O)[C@H]1CC[C@@H]1NC(=O)[C@H]1CC[C@@H]1NC(=O)[C@H]1CC[C@@H]1NC(=O)[C@H]1CC[C@@H]1NC(=O)OCc1ccccc1. The van der Waals surface area contributed by atoms with E-state index in [-0.39, 0.29) is 78.1 Å². The molecule has 216 valence electrons. The standard InChI is InChI=1S/C29H38N4O7/c1-39-28(37)20-10-14-24(20)32-26(35)18-8-12-22(18)30-25(34)17-7-11-21(17)31-27(36)19-9-13-23(19)33-29(38)40-15-16-5-3-2-4-6-16/h2-6,17-24H,7-15H2,1H3,(H,30,34)(H,31,36)(H,32,35)(H,33,38)/t17-,18-,19-,20-,21-,22-,23-,24-/m0/s1. The number of hydrogen-bond acceptors (Lipinski definition) is 7. The van der Waals surface area contributed by atoms with E-state index in [0.29, 0.717) is 44.9 Å². The van der Waals surface area contributed by atoms with Crippen LogP contribution in [0.5, 0.6) is 0 Å². The normalized spacial score (nSPS) is 31.9. The summed E-state index contributed by atoms with van der Waals surface area (Å²) in [6.07, 6.45) is 5.02. The molecular formula is C29H38N4O7. The van der Waals surface area contributed by atoms with Crippen molar-refractivity contribution in [1.82, 2.24) is 21.3 Å². The molecule has 4 saturated carbocycles. The molecule has 4 aliphatic rings. The highest BCUT2D eigenvalue weighted by Crippen LogP contribution is 2.35. The zero-order chi connectivity index (χ0) is 28.2. The summed E-state index contributed by atoms with van der Waals surface area (Å²) in [6.45, 7) is 0.160. The number of hydrogen-bond donors (Lipinski definition) is 4. The largest absolute Gasteiger partial charge is 0.469 e. The quantitative estimate of drug-likeness (QED) is 0.320. The molecule has 0 unspecified atom stereocenters. The third kappa shape index (κ3) is 6.08. The van der Waals surface area contributed by atoms with Crippen LogP contribution in [0.25, 0.3) is 0 Å². The van der Waals surface area contributed by atoms with Crippen molar-refractivity contribution in [3.05, 3.63) is 35.9 Å². The van der Waals surface area contributed by atoms with Crippen molar-refractivity contribution in [3.8, 4) is 0 Å². The van der Waals surface area contributed by atoms with Gasteiger partial charge in [0, 0.05) is 24.2 Å². The van der Waals surface area contributed by atoms with Gasteiger partial charge in [0.2, 0.25) is 17.7 Å². The number of ether oxygens (including phenoxy) is 2. The first-order chi connectivity index (χ1) is 19.3. The molecular weight excluding hydrogens is 516 g/mol. The van der Waals surface area contributed by atoms with Gasteiger partial charge in [-0.2, -0.15) is 0 Å². The molecule has 4 amide bonds. The highest BCUT2D eigenvalue weighted by atomic mass is 16.5. The fraction of sp³-hybridized carbons (Fsp3) is 0.621. The van der Waals surface area contributed by atoms with Crippen molar-refractivity contribution < 1.29 is 33.4 Å². The molecule has 0 bridgehead atoms. The molecule has 1 aromatic rings. The molecule has 4 aliphatic carbocycles. The Balaban J connectivity index is 1.03. The van der Waals surface area contributed by atoms with Gasteiger partial charge in [-0.15, -0.1) is 0 Å². The monoisotopic (exact) mass is 554 g/mol. The second-order valence-corrected chi connectivity index (χ2v) is 11.4. The third-order valence-corrected chi connectivity index (χ3v) is 9.11. The Labute approximate surface area is 233 Å². The van der Waals surface area contributed by atoms with Crippen molar-refractivity contribution in [3.63, 3.8) is 0 Å². The van der Waals surface area contributed by atoms with Crippen LogP contribution >= 0.6 is 0 Å². The molecule has 11 nitrogen and oxygen atoms in total. The lowest BCUT2D eigenvalue weighted by Gasteiger charge is -2.43. The molecule has 8 atom stereocenters. The van der Waals surface area contributed by atoms with E-state index < -0.39 is 6.09 Å². The van der Waals surface area contributed by atoms with E-state index in [9.17, 15) is 24.0 Å². The average molecular weight is 555 g/mol. The van der Waals surface area contributed by atoms with Gasteiger partial charge in [-0.25, -0.2) is 4.79 Å². The van der Waals surface area contributed by atoms with Gasteiger partial charge in [0.25, 0.3) is 0 Å². The Morgan fingerprint density at radius 2 is 1.05 bits per heavy atom. The Hall–Kier alpha value is -3.63. The minimum absolute atomic E-state index is 0.139. The number of benzene rings is 1. The van der Waals surface area contributed by atoms with Gasteiger partial charge in [-0.3, -0.25) is 19.2 Å². The van der Waals surface area contributed by atoms with Gasteiger partial charge in [0.05, 0.1) is 30.8 Å². The molecule has 0 saturated heterocycles. The summed E-state index contributed by atoms with van der Waals surface area (Å²) in [5.74, 6) is -2.07. The van der Waals surface area contributed by atoms with Crippen LogP contribution < -0.4 is 21.3 Å². The van der Waals surface area contributed by atoms with Crippen molar-refractivity contribution in [1.29, 1.82) is 0 Å². The summed E-state index contributed by atoms with van der Waals surface area (Å²) in [7, 11) is 1.35. The number of rotatable bonds is 10. The second-order valence-electron chi connectivity index (χ2n) is 11.4. The van der Waals surface area contributed by atoms with Crippen LogP contribution in [0.15, 0.2) is 30.3 Å². The molecule has 0 radical (unpaired) electrons. The van der Waals surface area contributed by atoms with Gasteiger partial charge in [0.1, 0.15) is 6.61 Å². The number of amides is 4. The van der Waals surface area contributed by atoms with Crippen molar-refractivity contribution in [2.75, 3.05) is 7.11 Å². The zero-order valence-electron chi connectivity index (χ0n) is 22.7. The number of esters is 1. The van der Waals surface area contributed by atoms with Crippen LogP contribution in [0.3, 0.4) is 0 Å². The predicted octanol–water partition coefficient (Wildman–Crippen LogP) is 1.55. The Morgan fingerprint density at radius 1 is 0.625 bits per heavy atom. The first kappa shape index (κ1) is 27.9. The van der Waals surface area contributed by atoms with E-state index in [2.05, 4.69) is 21.3 Å². The van der Waals surface area contributed by atoms with Crippen LogP contribution in [0.1, 0.15) is 56.9 Å². The molecule has 0 spiro atoms. The average Bonchev–Trinajstić information content (AvgIpc) is 2.88. The summed E-state index contributed by atoms with van der Waals surface area (Å²) < 4.78 is 10.1.